The number of nitrogens with one attached hydrogen (secondary N) is 1. The lowest BCUT2D eigenvalue weighted by molar-refractivity contribution is 0.0937. The van der Waals surface area contributed by atoms with Crippen molar-refractivity contribution < 1.29 is 4.79 Å². The average molecular weight is 270 g/mol. The number of carbonyl (C=O) groups is 1. The Bertz CT molecular complexity index is 421. The minimum absolute atomic E-state index is 0.0948. The molecule has 18 heavy (non-hydrogen) atoms. The fourth-order valence-corrected chi connectivity index (χ4v) is 1.75. The van der Waals surface area contributed by atoms with Gasteiger partial charge >= 0.3 is 0 Å². The lowest BCUT2D eigenvalue weighted by Crippen LogP contribution is -2.35. The summed E-state index contributed by atoms with van der Waals surface area (Å²) < 4.78 is 0. The zero-order valence-electron chi connectivity index (χ0n) is 11.0. The number of rotatable bonds is 5. The number of halogens is 1. The van der Waals surface area contributed by atoms with Crippen molar-refractivity contribution in [2.75, 3.05) is 26.4 Å². The summed E-state index contributed by atoms with van der Waals surface area (Å²) in [6, 6.07) is 5.00. The summed E-state index contributed by atoms with van der Waals surface area (Å²) in [4.78, 5) is 14.1. The number of nitrogens with zero attached hydrogens (tertiary/aromatic N) is 1. The maximum atomic E-state index is 12.0. The lowest BCUT2D eigenvalue weighted by atomic mass is 10.1. The Balaban J connectivity index is 2.62. The number of amides is 1. The van der Waals surface area contributed by atoms with Crippen LogP contribution in [-0.2, 0) is 0 Å². The second-order valence-electron chi connectivity index (χ2n) is 4.71. The van der Waals surface area contributed by atoms with E-state index in [1.165, 1.54) is 0 Å². The molecule has 0 bridgehead atoms. The maximum absolute atomic E-state index is 12.0. The molecule has 1 unspecified atom stereocenters. The SMILES string of the molecule is CC(CCN(C)C)NC(=O)c1cc(N)ccc1Cl. The first-order valence-corrected chi connectivity index (χ1v) is 6.28. The fourth-order valence-electron chi connectivity index (χ4n) is 1.54. The Hall–Kier alpha value is -1.26. The monoisotopic (exact) mass is 269 g/mol. The van der Waals surface area contributed by atoms with Crippen molar-refractivity contribution in [1.29, 1.82) is 0 Å². The van der Waals surface area contributed by atoms with Crippen LogP contribution >= 0.6 is 11.6 Å². The van der Waals surface area contributed by atoms with Crippen molar-refractivity contribution >= 4 is 23.2 Å². The third-order valence-corrected chi connectivity index (χ3v) is 2.95. The van der Waals surface area contributed by atoms with Crippen LogP contribution in [0, 0.1) is 0 Å². The molecule has 0 saturated carbocycles. The highest BCUT2D eigenvalue weighted by atomic mass is 35.5. The minimum Gasteiger partial charge on any atom is -0.399 e. The third kappa shape index (κ3) is 4.55. The molecule has 0 heterocycles. The topological polar surface area (TPSA) is 58.4 Å². The summed E-state index contributed by atoms with van der Waals surface area (Å²) >= 11 is 5.98. The molecule has 1 aromatic carbocycles. The van der Waals surface area contributed by atoms with E-state index < -0.39 is 0 Å². The van der Waals surface area contributed by atoms with Gasteiger partial charge in [0.1, 0.15) is 0 Å². The molecule has 5 heteroatoms. The van der Waals surface area contributed by atoms with Gasteiger partial charge in [0.05, 0.1) is 10.6 Å². The first-order chi connectivity index (χ1) is 8.40. The van der Waals surface area contributed by atoms with Crippen LogP contribution < -0.4 is 11.1 Å². The predicted molar refractivity (Wildman–Crippen MR) is 76.0 cm³/mol. The molecule has 3 N–H and O–H groups in total. The van der Waals surface area contributed by atoms with Crippen molar-refractivity contribution in [1.82, 2.24) is 10.2 Å². The molecule has 0 aliphatic carbocycles. The maximum Gasteiger partial charge on any atom is 0.253 e. The van der Waals surface area contributed by atoms with Gasteiger partial charge in [-0.1, -0.05) is 11.6 Å². The second kappa shape index (κ2) is 6.61. The summed E-state index contributed by atoms with van der Waals surface area (Å²) in [5.74, 6) is -0.182. The number of nitrogens with two attached hydrogens (primary N) is 1. The van der Waals surface area contributed by atoms with Crippen LogP contribution in [0.1, 0.15) is 23.7 Å². The van der Waals surface area contributed by atoms with E-state index in [4.69, 9.17) is 17.3 Å². The summed E-state index contributed by atoms with van der Waals surface area (Å²) in [5, 5.41) is 3.33. The van der Waals surface area contributed by atoms with E-state index in [0.717, 1.165) is 13.0 Å². The quantitative estimate of drug-likeness (QED) is 0.804. The van der Waals surface area contributed by atoms with Gasteiger partial charge in [-0.2, -0.15) is 0 Å². The first-order valence-electron chi connectivity index (χ1n) is 5.90. The molecule has 100 valence electrons. The van der Waals surface area contributed by atoms with Crippen molar-refractivity contribution in [3.05, 3.63) is 28.8 Å². The molecular formula is C13H20ClN3O. The Morgan fingerprint density at radius 3 is 2.78 bits per heavy atom. The minimum atomic E-state index is -0.182. The van der Waals surface area contributed by atoms with E-state index in [-0.39, 0.29) is 11.9 Å². The van der Waals surface area contributed by atoms with Crippen molar-refractivity contribution in [2.24, 2.45) is 0 Å². The van der Waals surface area contributed by atoms with Crippen LogP contribution in [0.25, 0.3) is 0 Å². The molecule has 0 radical (unpaired) electrons. The van der Waals surface area contributed by atoms with Crippen LogP contribution in [0.2, 0.25) is 5.02 Å². The van der Waals surface area contributed by atoms with Crippen LogP contribution in [-0.4, -0.2) is 37.5 Å². The van der Waals surface area contributed by atoms with Crippen molar-refractivity contribution in [2.45, 2.75) is 19.4 Å². The largest absolute Gasteiger partial charge is 0.399 e. The second-order valence-corrected chi connectivity index (χ2v) is 5.11. The summed E-state index contributed by atoms with van der Waals surface area (Å²) in [7, 11) is 4.01. The number of benzene rings is 1. The Kier molecular flexibility index (Phi) is 5.44. The molecule has 4 nitrogen and oxygen atoms in total. The van der Waals surface area contributed by atoms with Gasteiger partial charge in [0, 0.05) is 11.7 Å². The molecular weight excluding hydrogens is 250 g/mol. The summed E-state index contributed by atoms with van der Waals surface area (Å²) in [6.07, 6.45) is 0.888. The van der Waals surface area contributed by atoms with Gasteiger partial charge < -0.3 is 16.0 Å². The Morgan fingerprint density at radius 2 is 2.17 bits per heavy atom. The third-order valence-electron chi connectivity index (χ3n) is 2.62. The van der Waals surface area contributed by atoms with E-state index in [1.807, 2.05) is 21.0 Å². The zero-order chi connectivity index (χ0) is 13.7. The number of hydrogen-bond donors (Lipinski definition) is 2. The van der Waals surface area contributed by atoms with Gasteiger partial charge in [0.2, 0.25) is 0 Å². The molecule has 0 fully saturated rings. The van der Waals surface area contributed by atoms with Crippen LogP contribution in [0.5, 0.6) is 0 Å². The average Bonchev–Trinajstić information content (AvgIpc) is 2.29. The van der Waals surface area contributed by atoms with Crippen LogP contribution in [0.3, 0.4) is 0 Å². The number of nitrogen functional groups attached to an aromatic ring is 1. The first kappa shape index (κ1) is 14.8. The molecule has 0 saturated heterocycles. The highest BCUT2D eigenvalue weighted by molar-refractivity contribution is 6.34. The van der Waals surface area contributed by atoms with Gasteiger partial charge in [-0.15, -0.1) is 0 Å². The van der Waals surface area contributed by atoms with Gasteiger partial charge in [-0.3, -0.25) is 4.79 Å². The van der Waals surface area contributed by atoms with E-state index in [2.05, 4.69) is 10.2 Å². The highest BCUT2D eigenvalue weighted by Crippen LogP contribution is 2.18. The van der Waals surface area contributed by atoms with Crippen molar-refractivity contribution in [3.8, 4) is 0 Å². The predicted octanol–water partition coefficient (Wildman–Crippen LogP) is 1.99. The molecule has 0 aromatic heterocycles. The molecule has 1 aromatic rings. The fraction of sp³-hybridized carbons (Fsp3) is 0.462. The van der Waals surface area contributed by atoms with Gasteiger partial charge in [-0.05, 0) is 52.2 Å². The molecule has 1 atom stereocenters. The van der Waals surface area contributed by atoms with E-state index in [0.29, 0.717) is 16.3 Å². The standard InChI is InChI=1S/C13H20ClN3O/c1-9(6-7-17(2)3)16-13(18)11-8-10(15)4-5-12(11)14/h4-5,8-9H,6-7,15H2,1-3H3,(H,16,18). The molecule has 1 rings (SSSR count). The van der Waals surface area contributed by atoms with E-state index in [9.17, 15) is 4.79 Å². The Morgan fingerprint density at radius 1 is 1.50 bits per heavy atom. The highest BCUT2D eigenvalue weighted by Gasteiger charge is 2.13. The summed E-state index contributed by atoms with van der Waals surface area (Å²) in [6.45, 7) is 2.90. The lowest BCUT2D eigenvalue weighted by Gasteiger charge is -2.17. The molecule has 0 spiro atoms. The van der Waals surface area contributed by atoms with Gasteiger partial charge in [0.15, 0.2) is 0 Å². The normalized spacial score (nSPS) is 12.5. The van der Waals surface area contributed by atoms with Crippen molar-refractivity contribution in [3.63, 3.8) is 0 Å². The molecule has 0 aliphatic heterocycles. The number of hydrogen-bond acceptors (Lipinski definition) is 3. The van der Waals surface area contributed by atoms with Crippen LogP contribution in [0.15, 0.2) is 18.2 Å². The molecule has 0 aliphatic rings. The smallest absolute Gasteiger partial charge is 0.253 e. The van der Waals surface area contributed by atoms with Gasteiger partial charge in [0.25, 0.3) is 5.91 Å². The van der Waals surface area contributed by atoms with Gasteiger partial charge in [-0.25, -0.2) is 0 Å². The Labute approximate surface area is 113 Å². The van der Waals surface area contributed by atoms with Crippen LogP contribution in [0.4, 0.5) is 5.69 Å². The van der Waals surface area contributed by atoms with E-state index >= 15 is 0 Å². The summed E-state index contributed by atoms with van der Waals surface area (Å²) in [5.41, 5.74) is 6.61. The molecule has 1 amide bonds. The zero-order valence-corrected chi connectivity index (χ0v) is 11.8. The number of anilines is 1. The van der Waals surface area contributed by atoms with E-state index in [1.54, 1.807) is 18.2 Å². The number of carbonyl (C=O) groups excluding carboxylic acids is 1.